The number of hydrogen-bond acceptors (Lipinski definition) is 3. The summed E-state index contributed by atoms with van der Waals surface area (Å²) in [5, 5.41) is 0. The van der Waals surface area contributed by atoms with Crippen molar-refractivity contribution >= 4 is 6.16 Å². The van der Waals surface area contributed by atoms with Crippen molar-refractivity contribution in [3.8, 4) is 0 Å². The van der Waals surface area contributed by atoms with Gasteiger partial charge in [-0.2, -0.15) is 0 Å². The van der Waals surface area contributed by atoms with Crippen LogP contribution in [-0.2, 0) is 9.47 Å². The quantitative estimate of drug-likeness (QED) is 0.785. The minimum atomic E-state index is -0.679. The van der Waals surface area contributed by atoms with E-state index in [4.69, 9.17) is 4.74 Å². The number of carbonyl (C=O) groups is 1. The Kier molecular flexibility index (Phi) is 4.41. The van der Waals surface area contributed by atoms with Gasteiger partial charge in [0, 0.05) is 11.1 Å². The molecule has 0 saturated heterocycles. The Bertz CT molecular complexity index is 559. The van der Waals surface area contributed by atoms with Crippen LogP contribution >= 0.6 is 0 Å². The fourth-order valence-electron chi connectivity index (χ4n) is 2.20. The first-order valence-corrected chi connectivity index (χ1v) is 6.49. The molecule has 3 heteroatoms. The summed E-state index contributed by atoms with van der Waals surface area (Å²) >= 11 is 0. The van der Waals surface area contributed by atoms with Gasteiger partial charge in [-0.15, -0.1) is 0 Å². The van der Waals surface area contributed by atoms with E-state index in [0.29, 0.717) is 0 Å². The number of methoxy groups -OCH3 is 1. The number of hydrogen-bond donors (Lipinski definition) is 0. The molecule has 0 spiro atoms. The van der Waals surface area contributed by atoms with Crippen molar-refractivity contribution in [1.82, 2.24) is 0 Å². The Labute approximate surface area is 119 Å². The van der Waals surface area contributed by atoms with E-state index in [1.807, 2.05) is 62.4 Å². The van der Waals surface area contributed by atoms with Crippen molar-refractivity contribution in [2.75, 3.05) is 7.11 Å². The van der Waals surface area contributed by atoms with E-state index in [-0.39, 0.29) is 0 Å². The first-order valence-electron chi connectivity index (χ1n) is 6.49. The van der Waals surface area contributed by atoms with E-state index < -0.39 is 12.3 Å². The maximum atomic E-state index is 11.5. The lowest BCUT2D eigenvalue weighted by atomic mass is 9.94. The first-order chi connectivity index (χ1) is 9.63. The standard InChI is InChI=1S/C17H18O3/c1-12-8-4-6-10-14(12)16(20-17(18)19-3)15-11-7-5-9-13(15)2/h4-11,16H,1-3H3. The molecule has 0 N–H and O–H groups in total. The lowest BCUT2D eigenvalue weighted by molar-refractivity contribution is 0.0495. The van der Waals surface area contributed by atoms with Gasteiger partial charge in [0.2, 0.25) is 0 Å². The van der Waals surface area contributed by atoms with Crippen molar-refractivity contribution in [2.24, 2.45) is 0 Å². The molecule has 104 valence electrons. The van der Waals surface area contributed by atoms with Crippen LogP contribution in [0.2, 0.25) is 0 Å². The normalized spacial score (nSPS) is 10.4. The van der Waals surface area contributed by atoms with Crippen LogP contribution < -0.4 is 0 Å². The molecule has 0 aromatic heterocycles. The third-order valence-corrected chi connectivity index (χ3v) is 3.32. The van der Waals surface area contributed by atoms with E-state index in [1.54, 1.807) is 0 Å². The zero-order chi connectivity index (χ0) is 14.5. The van der Waals surface area contributed by atoms with Gasteiger partial charge in [-0.3, -0.25) is 0 Å². The van der Waals surface area contributed by atoms with E-state index in [9.17, 15) is 4.79 Å². The van der Waals surface area contributed by atoms with Crippen molar-refractivity contribution in [3.05, 3.63) is 70.8 Å². The number of carbonyl (C=O) groups excluding carboxylic acids is 1. The Morgan fingerprint density at radius 3 is 1.75 bits per heavy atom. The molecule has 20 heavy (non-hydrogen) atoms. The van der Waals surface area contributed by atoms with E-state index >= 15 is 0 Å². The average Bonchev–Trinajstić information content (AvgIpc) is 2.46. The summed E-state index contributed by atoms with van der Waals surface area (Å²) in [6, 6.07) is 15.7. The molecule has 0 heterocycles. The molecule has 0 unspecified atom stereocenters. The highest BCUT2D eigenvalue weighted by molar-refractivity contribution is 5.61. The van der Waals surface area contributed by atoms with Crippen LogP contribution in [-0.4, -0.2) is 13.3 Å². The summed E-state index contributed by atoms with van der Waals surface area (Å²) < 4.78 is 10.1. The number of benzene rings is 2. The van der Waals surface area contributed by atoms with E-state index in [2.05, 4.69) is 4.74 Å². The third-order valence-electron chi connectivity index (χ3n) is 3.32. The molecule has 0 fully saturated rings. The zero-order valence-electron chi connectivity index (χ0n) is 11.9. The molecule has 2 aromatic carbocycles. The predicted octanol–water partition coefficient (Wildman–Crippen LogP) is 4.18. The lowest BCUT2D eigenvalue weighted by Gasteiger charge is -2.21. The molecule has 2 aromatic rings. The SMILES string of the molecule is COC(=O)OC(c1ccccc1C)c1ccccc1C. The smallest absolute Gasteiger partial charge is 0.438 e. The molecule has 0 aliphatic rings. The van der Waals surface area contributed by atoms with Crippen molar-refractivity contribution in [2.45, 2.75) is 20.0 Å². The molecular weight excluding hydrogens is 252 g/mol. The number of aryl methyl sites for hydroxylation is 2. The third kappa shape index (κ3) is 2.99. The van der Waals surface area contributed by atoms with Crippen LogP contribution in [0.15, 0.2) is 48.5 Å². The Morgan fingerprint density at radius 2 is 1.35 bits per heavy atom. The monoisotopic (exact) mass is 270 g/mol. The van der Waals surface area contributed by atoms with Gasteiger partial charge in [-0.05, 0) is 25.0 Å². The fourth-order valence-corrected chi connectivity index (χ4v) is 2.20. The van der Waals surface area contributed by atoms with E-state index in [0.717, 1.165) is 22.3 Å². The van der Waals surface area contributed by atoms with Crippen molar-refractivity contribution in [1.29, 1.82) is 0 Å². The van der Waals surface area contributed by atoms with Crippen LogP contribution in [0, 0.1) is 13.8 Å². The Morgan fingerprint density at radius 1 is 0.900 bits per heavy atom. The minimum Gasteiger partial charge on any atom is -0.438 e. The lowest BCUT2D eigenvalue weighted by Crippen LogP contribution is -2.14. The van der Waals surface area contributed by atoms with Crippen molar-refractivity contribution < 1.29 is 14.3 Å². The molecule has 0 bridgehead atoms. The summed E-state index contributed by atoms with van der Waals surface area (Å²) in [6.45, 7) is 4.00. The summed E-state index contributed by atoms with van der Waals surface area (Å²) in [4.78, 5) is 11.5. The molecule has 0 amide bonds. The highest BCUT2D eigenvalue weighted by Gasteiger charge is 2.22. The molecule has 0 atom stereocenters. The fraction of sp³-hybridized carbons (Fsp3) is 0.235. The van der Waals surface area contributed by atoms with Gasteiger partial charge in [0.1, 0.15) is 0 Å². The molecule has 0 saturated carbocycles. The summed E-state index contributed by atoms with van der Waals surface area (Å²) in [7, 11) is 1.31. The highest BCUT2D eigenvalue weighted by atomic mass is 16.7. The zero-order valence-corrected chi connectivity index (χ0v) is 11.9. The minimum absolute atomic E-state index is 0.454. The Balaban J connectivity index is 2.48. The maximum absolute atomic E-state index is 11.5. The number of rotatable bonds is 3. The highest BCUT2D eigenvalue weighted by Crippen LogP contribution is 2.30. The van der Waals surface area contributed by atoms with Gasteiger partial charge in [0.05, 0.1) is 7.11 Å². The second kappa shape index (κ2) is 6.24. The molecule has 0 aliphatic heterocycles. The predicted molar refractivity (Wildman–Crippen MR) is 77.7 cm³/mol. The van der Waals surface area contributed by atoms with Gasteiger partial charge < -0.3 is 9.47 Å². The molecule has 0 aliphatic carbocycles. The van der Waals surface area contributed by atoms with Crippen LogP contribution in [0.5, 0.6) is 0 Å². The molecule has 3 nitrogen and oxygen atoms in total. The number of ether oxygens (including phenoxy) is 2. The first kappa shape index (κ1) is 14.1. The molecule has 2 rings (SSSR count). The van der Waals surface area contributed by atoms with Crippen LogP contribution in [0.25, 0.3) is 0 Å². The summed E-state index contributed by atoms with van der Waals surface area (Å²) in [5.41, 5.74) is 4.08. The van der Waals surface area contributed by atoms with E-state index in [1.165, 1.54) is 7.11 Å². The van der Waals surface area contributed by atoms with Gasteiger partial charge in [-0.1, -0.05) is 48.5 Å². The average molecular weight is 270 g/mol. The summed E-state index contributed by atoms with van der Waals surface area (Å²) in [6.07, 6.45) is -1.13. The molecular formula is C17H18O3. The molecule has 0 radical (unpaired) electrons. The topological polar surface area (TPSA) is 35.5 Å². The maximum Gasteiger partial charge on any atom is 0.508 e. The Hall–Kier alpha value is -2.29. The van der Waals surface area contributed by atoms with Crippen LogP contribution in [0.4, 0.5) is 4.79 Å². The van der Waals surface area contributed by atoms with Gasteiger partial charge in [-0.25, -0.2) is 4.79 Å². The van der Waals surface area contributed by atoms with Crippen LogP contribution in [0.1, 0.15) is 28.4 Å². The summed E-state index contributed by atoms with van der Waals surface area (Å²) in [5.74, 6) is 0. The van der Waals surface area contributed by atoms with Crippen molar-refractivity contribution in [3.63, 3.8) is 0 Å². The van der Waals surface area contributed by atoms with Crippen LogP contribution in [0.3, 0.4) is 0 Å². The second-order valence-corrected chi connectivity index (χ2v) is 4.67. The largest absolute Gasteiger partial charge is 0.508 e. The van der Waals surface area contributed by atoms with Gasteiger partial charge >= 0.3 is 6.16 Å². The second-order valence-electron chi connectivity index (χ2n) is 4.67. The van der Waals surface area contributed by atoms with Gasteiger partial charge in [0.25, 0.3) is 0 Å². The van der Waals surface area contributed by atoms with Gasteiger partial charge in [0.15, 0.2) is 6.10 Å².